The minimum absolute atomic E-state index is 0.722. The van der Waals surface area contributed by atoms with Crippen LogP contribution in [0.4, 0.5) is 0 Å². The Kier molecular flexibility index (Phi) is 2.38. The predicted molar refractivity (Wildman–Crippen MR) is 51.5 cm³/mol. The second-order valence-corrected chi connectivity index (χ2v) is 5.31. The predicted octanol–water partition coefficient (Wildman–Crippen LogP) is 1.39. The monoisotopic (exact) mass is 228 g/mol. The van der Waals surface area contributed by atoms with E-state index in [1.807, 2.05) is 0 Å². The summed E-state index contributed by atoms with van der Waals surface area (Å²) < 4.78 is 6.77. The van der Waals surface area contributed by atoms with Gasteiger partial charge >= 0.3 is 78.9 Å². The number of hydrogen-bond acceptors (Lipinski definition) is 1. The van der Waals surface area contributed by atoms with Crippen LogP contribution in [0.25, 0.3) is 0 Å². The van der Waals surface area contributed by atoms with Crippen LogP contribution in [0.3, 0.4) is 0 Å². The summed E-state index contributed by atoms with van der Waals surface area (Å²) in [5, 5.41) is 1.41. The molecule has 0 radical (unpaired) electrons. The van der Waals surface area contributed by atoms with Gasteiger partial charge in [0.2, 0.25) is 0 Å². The van der Waals surface area contributed by atoms with Gasteiger partial charge in [-0.25, -0.2) is 0 Å². The van der Waals surface area contributed by atoms with E-state index in [1.54, 1.807) is 11.6 Å². The molecule has 0 atom stereocenters. The van der Waals surface area contributed by atoms with Gasteiger partial charge in [0, 0.05) is 0 Å². The third kappa shape index (κ3) is 1.50. The summed E-state index contributed by atoms with van der Waals surface area (Å²) in [6, 6.07) is 6.50. The van der Waals surface area contributed by atoms with Crippen molar-refractivity contribution in [2.45, 2.75) is 18.2 Å². The maximum absolute atomic E-state index is 5.19. The number of fused-ring (bicyclic) bond motifs is 1. The fraction of sp³-hybridized carbons (Fsp3) is 0.400. The molecule has 1 nitrogen and oxygen atoms in total. The summed E-state index contributed by atoms with van der Waals surface area (Å²) in [4.78, 5) is 0. The van der Waals surface area contributed by atoms with Crippen molar-refractivity contribution in [2.24, 2.45) is 0 Å². The van der Waals surface area contributed by atoms with E-state index in [1.165, 1.54) is 23.7 Å². The molecule has 0 unspecified atom stereocenters. The Balaban J connectivity index is 2.36. The second kappa shape index (κ2) is 3.51. The first-order valence-corrected chi connectivity index (χ1v) is 6.26. The van der Waals surface area contributed by atoms with Crippen molar-refractivity contribution in [1.82, 2.24) is 0 Å². The Labute approximate surface area is 79.3 Å². The third-order valence-corrected chi connectivity index (χ3v) is 4.64. The van der Waals surface area contributed by atoms with E-state index < -0.39 is 0 Å². The molecule has 1 heterocycles. The van der Waals surface area contributed by atoms with Crippen LogP contribution in [0.5, 0.6) is 5.75 Å². The van der Waals surface area contributed by atoms with Crippen LogP contribution in [0.2, 0.25) is 5.32 Å². The van der Waals surface area contributed by atoms with Crippen LogP contribution >= 0.6 is 0 Å². The van der Waals surface area contributed by atoms with Gasteiger partial charge in [0.25, 0.3) is 0 Å². The average molecular weight is 227 g/mol. The van der Waals surface area contributed by atoms with Gasteiger partial charge in [-0.3, -0.25) is 0 Å². The van der Waals surface area contributed by atoms with Gasteiger partial charge in [-0.1, -0.05) is 0 Å². The molecular formula is C10H12OSe. The summed E-state index contributed by atoms with van der Waals surface area (Å²) >= 11 is 0.722. The zero-order valence-corrected chi connectivity index (χ0v) is 8.88. The van der Waals surface area contributed by atoms with Gasteiger partial charge in [-0.2, -0.15) is 0 Å². The number of rotatable bonds is 1. The molecular weight excluding hydrogens is 215 g/mol. The quantitative estimate of drug-likeness (QED) is 0.659. The number of ether oxygens (including phenoxy) is 1. The van der Waals surface area contributed by atoms with Crippen LogP contribution in [0.1, 0.15) is 12.0 Å². The number of methoxy groups -OCH3 is 1. The molecule has 0 aliphatic carbocycles. The van der Waals surface area contributed by atoms with Crippen LogP contribution in [-0.4, -0.2) is 22.1 Å². The Bertz CT molecular complexity index is 283. The van der Waals surface area contributed by atoms with Gasteiger partial charge < -0.3 is 0 Å². The molecule has 0 fully saturated rings. The molecule has 0 bridgehead atoms. The molecule has 2 rings (SSSR count). The summed E-state index contributed by atoms with van der Waals surface area (Å²) in [6.07, 6.45) is 2.61. The fourth-order valence-electron chi connectivity index (χ4n) is 1.46. The molecule has 0 N–H and O–H groups in total. The van der Waals surface area contributed by atoms with E-state index in [2.05, 4.69) is 18.2 Å². The van der Waals surface area contributed by atoms with E-state index in [4.69, 9.17) is 4.74 Å². The van der Waals surface area contributed by atoms with Gasteiger partial charge in [0.1, 0.15) is 0 Å². The minimum atomic E-state index is 0.722. The molecule has 2 heteroatoms. The van der Waals surface area contributed by atoms with Gasteiger partial charge in [0.05, 0.1) is 0 Å². The van der Waals surface area contributed by atoms with Crippen molar-refractivity contribution in [3.8, 4) is 5.75 Å². The molecule has 12 heavy (non-hydrogen) atoms. The molecule has 1 aliphatic heterocycles. The summed E-state index contributed by atoms with van der Waals surface area (Å²) in [6.45, 7) is 0. The van der Waals surface area contributed by atoms with Crippen LogP contribution in [0, 0.1) is 0 Å². The van der Waals surface area contributed by atoms with E-state index >= 15 is 0 Å². The number of benzene rings is 1. The molecule has 0 amide bonds. The van der Waals surface area contributed by atoms with Crippen molar-refractivity contribution in [3.05, 3.63) is 23.8 Å². The zero-order chi connectivity index (χ0) is 8.39. The maximum atomic E-state index is 5.19. The van der Waals surface area contributed by atoms with Gasteiger partial charge in [-0.15, -0.1) is 0 Å². The molecule has 0 saturated carbocycles. The molecule has 64 valence electrons. The molecule has 0 saturated heterocycles. The first-order chi connectivity index (χ1) is 5.90. The van der Waals surface area contributed by atoms with Crippen LogP contribution in [0.15, 0.2) is 18.2 Å². The number of aryl methyl sites for hydroxylation is 1. The van der Waals surface area contributed by atoms with Crippen LogP contribution < -0.4 is 9.20 Å². The average Bonchev–Trinajstić information content (AvgIpc) is 2.17. The Morgan fingerprint density at radius 3 is 3.17 bits per heavy atom. The van der Waals surface area contributed by atoms with E-state index in [-0.39, 0.29) is 0 Å². The number of hydrogen-bond donors (Lipinski definition) is 0. The summed E-state index contributed by atoms with van der Waals surface area (Å²) in [7, 11) is 1.73. The Hall–Kier alpha value is -0.461. The SMILES string of the molecule is COc1ccc2c(c1)CCC[Se]2. The zero-order valence-electron chi connectivity index (χ0n) is 7.17. The molecule has 0 spiro atoms. The third-order valence-electron chi connectivity index (χ3n) is 2.12. The summed E-state index contributed by atoms with van der Waals surface area (Å²) in [5.41, 5.74) is 1.51. The molecule has 1 aliphatic rings. The van der Waals surface area contributed by atoms with E-state index in [9.17, 15) is 0 Å². The van der Waals surface area contributed by atoms with Crippen molar-refractivity contribution in [3.63, 3.8) is 0 Å². The van der Waals surface area contributed by atoms with Gasteiger partial charge in [0.15, 0.2) is 0 Å². The molecule has 1 aromatic carbocycles. The van der Waals surface area contributed by atoms with Crippen molar-refractivity contribution in [2.75, 3.05) is 7.11 Å². The van der Waals surface area contributed by atoms with Gasteiger partial charge in [-0.05, 0) is 0 Å². The van der Waals surface area contributed by atoms with Crippen LogP contribution in [-0.2, 0) is 6.42 Å². The Morgan fingerprint density at radius 1 is 1.42 bits per heavy atom. The Morgan fingerprint density at radius 2 is 2.33 bits per heavy atom. The molecule has 0 aromatic heterocycles. The normalized spacial score (nSPS) is 15.4. The van der Waals surface area contributed by atoms with Crippen molar-refractivity contribution < 1.29 is 4.74 Å². The molecule has 1 aromatic rings. The van der Waals surface area contributed by atoms with E-state index in [0.29, 0.717) is 0 Å². The first-order valence-electron chi connectivity index (χ1n) is 4.20. The van der Waals surface area contributed by atoms with Crippen molar-refractivity contribution >= 4 is 19.4 Å². The topological polar surface area (TPSA) is 9.23 Å². The first kappa shape index (κ1) is 8.15. The van der Waals surface area contributed by atoms with E-state index in [0.717, 1.165) is 20.7 Å². The second-order valence-electron chi connectivity index (χ2n) is 2.93. The fourth-order valence-corrected chi connectivity index (χ4v) is 3.60. The standard InChI is InChI=1S/C10H12OSe/c1-11-9-4-5-10-8(7-9)3-2-6-12-10/h4-5,7H,2-3,6H2,1H3. The summed E-state index contributed by atoms with van der Waals surface area (Å²) in [5.74, 6) is 1.01. The van der Waals surface area contributed by atoms with Crippen molar-refractivity contribution in [1.29, 1.82) is 0 Å².